The summed E-state index contributed by atoms with van der Waals surface area (Å²) < 4.78 is 1.86. The monoisotopic (exact) mass is 185 g/mol. The fraction of sp³-hybridized carbons (Fsp3) is 0.625. The lowest BCUT2D eigenvalue weighted by Gasteiger charge is -2.26. The highest BCUT2D eigenvalue weighted by molar-refractivity contribution is 6.29. The Morgan fingerprint density at radius 2 is 2.42 bits per heavy atom. The molecule has 0 aliphatic heterocycles. The molecule has 0 radical (unpaired) electrons. The summed E-state index contributed by atoms with van der Waals surface area (Å²) in [6.07, 6.45) is 5.51. The largest absolute Gasteiger partial charge is 0.353 e. The lowest BCUT2D eigenvalue weighted by molar-refractivity contribution is 0.442. The summed E-state index contributed by atoms with van der Waals surface area (Å²) in [4.78, 5) is 4.16. The van der Waals surface area contributed by atoms with Crippen molar-refractivity contribution >= 4 is 17.5 Å². The van der Waals surface area contributed by atoms with E-state index in [0.717, 1.165) is 5.95 Å². The minimum absolute atomic E-state index is 0.613. The van der Waals surface area contributed by atoms with Crippen molar-refractivity contribution < 1.29 is 0 Å². The minimum Gasteiger partial charge on any atom is -0.353 e. The zero-order chi connectivity index (χ0) is 8.55. The Bertz CT molecular complexity index is 278. The first kappa shape index (κ1) is 7.92. The Hall–Kier alpha value is -0.700. The van der Waals surface area contributed by atoms with Crippen LogP contribution < -0.4 is 5.32 Å². The van der Waals surface area contributed by atoms with Crippen molar-refractivity contribution in [3.05, 3.63) is 11.3 Å². The van der Waals surface area contributed by atoms with Gasteiger partial charge in [-0.2, -0.15) is 0 Å². The van der Waals surface area contributed by atoms with Gasteiger partial charge >= 0.3 is 0 Å². The van der Waals surface area contributed by atoms with E-state index in [1.165, 1.54) is 19.3 Å². The number of anilines is 1. The van der Waals surface area contributed by atoms with Gasteiger partial charge in [0.05, 0.1) is 6.20 Å². The van der Waals surface area contributed by atoms with Crippen molar-refractivity contribution in [1.29, 1.82) is 0 Å². The van der Waals surface area contributed by atoms with Gasteiger partial charge in [-0.05, 0) is 19.3 Å². The van der Waals surface area contributed by atoms with Gasteiger partial charge in [-0.3, -0.25) is 0 Å². The van der Waals surface area contributed by atoms with E-state index in [0.29, 0.717) is 11.2 Å². The van der Waals surface area contributed by atoms with Crippen LogP contribution >= 0.6 is 11.6 Å². The van der Waals surface area contributed by atoms with Gasteiger partial charge in [-0.1, -0.05) is 11.6 Å². The molecule has 0 bridgehead atoms. The maximum atomic E-state index is 5.83. The second-order valence-corrected chi connectivity index (χ2v) is 3.62. The number of hydrogen-bond acceptors (Lipinski definition) is 2. The van der Waals surface area contributed by atoms with Crippen molar-refractivity contribution in [2.75, 3.05) is 5.32 Å². The molecule has 1 aliphatic rings. The molecule has 0 unspecified atom stereocenters. The summed E-state index contributed by atoms with van der Waals surface area (Å²) in [5.41, 5.74) is 0. The van der Waals surface area contributed by atoms with E-state index in [1.807, 2.05) is 11.6 Å². The van der Waals surface area contributed by atoms with Crippen molar-refractivity contribution in [1.82, 2.24) is 9.55 Å². The molecule has 0 saturated heterocycles. The first-order valence-corrected chi connectivity index (χ1v) is 4.59. The molecule has 3 nitrogen and oxygen atoms in total. The fourth-order valence-electron chi connectivity index (χ4n) is 1.26. The van der Waals surface area contributed by atoms with E-state index in [4.69, 9.17) is 11.6 Å². The Morgan fingerprint density at radius 1 is 1.67 bits per heavy atom. The van der Waals surface area contributed by atoms with E-state index in [-0.39, 0.29) is 0 Å². The second-order valence-electron chi connectivity index (χ2n) is 3.24. The average Bonchev–Trinajstić information content (AvgIpc) is 2.27. The molecule has 66 valence electrons. The van der Waals surface area contributed by atoms with Gasteiger partial charge in [0.1, 0.15) is 5.15 Å². The van der Waals surface area contributed by atoms with Crippen LogP contribution in [0.15, 0.2) is 6.20 Å². The fourth-order valence-corrected chi connectivity index (χ4v) is 1.39. The Kier molecular flexibility index (Phi) is 1.97. The molecule has 1 heterocycles. The summed E-state index contributed by atoms with van der Waals surface area (Å²) in [6, 6.07) is 0.613. The molecule has 1 aliphatic carbocycles. The summed E-state index contributed by atoms with van der Waals surface area (Å²) in [7, 11) is 1.91. The molecule has 0 aromatic carbocycles. The van der Waals surface area contributed by atoms with Crippen LogP contribution in [-0.4, -0.2) is 15.6 Å². The number of nitrogens with one attached hydrogen (secondary N) is 1. The zero-order valence-electron chi connectivity index (χ0n) is 7.05. The van der Waals surface area contributed by atoms with E-state index in [2.05, 4.69) is 10.3 Å². The highest BCUT2D eigenvalue weighted by Crippen LogP contribution is 2.23. The predicted octanol–water partition coefficient (Wildman–Crippen LogP) is 2.04. The number of rotatable bonds is 2. The molecule has 1 aromatic rings. The molecular formula is C8H12ClN3. The molecular weight excluding hydrogens is 174 g/mol. The maximum Gasteiger partial charge on any atom is 0.203 e. The van der Waals surface area contributed by atoms with Crippen LogP contribution in [-0.2, 0) is 7.05 Å². The van der Waals surface area contributed by atoms with Crippen molar-refractivity contribution in [2.45, 2.75) is 25.3 Å². The summed E-state index contributed by atoms with van der Waals surface area (Å²) >= 11 is 5.83. The van der Waals surface area contributed by atoms with Crippen molar-refractivity contribution in [3.8, 4) is 0 Å². The number of hydrogen-bond donors (Lipinski definition) is 1. The molecule has 12 heavy (non-hydrogen) atoms. The quantitative estimate of drug-likeness (QED) is 0.764. The second kappa shape index (κ2) is 2.98. The minimum atomic E-state index is 0.613. The van der Waals surface area contributed by atoms with Crippen LogP contribution in [0.4, 0.5) is 5.95 Å². The predicted molar refractivity (Wildman–Crippen MR) is 49.5 cm³/mol. The van der Waals surface area contributed by atoms with Crippen LogP contribution in [0.5, 0.6) is 0 Å². The molecule has 1 saturated carbocycles. The zero-order valence-corrected chi connectivity index (χ0v) is 7.80. The third-order valence-electron chi connectivity index (χ3n) is 2.37. The highest BCUT2D eigenvalue weighted by Gasteiger charge is 2.18. The summed E-state index contributed by atoms with van der Waals surface area (Å²) in [5.74, 6) is 0.879. The molecule has 0 amide bonds. The van der Waals surface area contributed by atoms with E-state index in [1.54, 1.807) is 6.20 Å². The topological polar surface area (TPSA) is 29.9 Å². The lowest BCUT2D eigenvalue weighted by atomic mass is 9.93. The highest BCUT2D eigenvalue weighted by atomic mass is 35.5. The van der Waals surface area contributed by atoms with Crippen molar-refractivity contribution in [2.24, 2.45) is 7.05 Å². The number of halogens is 1. The van der Waals surface area contributed by atoms with Gasteiger partial charge in [0, 0.05) is 13.1 Å². The van der Waals surface area contributed by atoms with Gasteiger partial charge in [0.15, 0.2) is 0 Å². The van der Waals surface area contributed by atoms with Crippen molar-refractivity contribution in [3.63, 3.8) is 0 Å². The van der Waals surface area contributed by atoms with Gasteiger partial charge in [-0.25, -0.2) is 4.98 Å². The third kappa shape index (κ3) is 1.29. The smallest absolute Gasteiger partial charge is 0.203 e. The Labute approximate surface area is 76.7 Å². The van der Waals surface area contributed by atoms with Crippen LogP contribution in [0.1, 0.15) is 19.3 Å². The number of nitrogens with zero attached hydrogens (tertiary/aromatic N) is 2. The van der Waals surface area contributed by atoms with Crippen LogP contribution in [0.25, 0.3) is 0 Å². The SMILES string of the molecule is Cn1c(Cl)cnc1NC1CCC1. The molecule has 0 spiro atoms. The van der Waals surface area contributed by atoms with Gasteiger partial charge in [-0.15, -0.1) is 0 Å². The number of imidazole rings is 1. The molecule has 1 N–H and O–H groups in total. The normalized spacial score (nSPS) is 17.5. The Morgan fingerprint density at radius 3 is 2.83 bits per heavy atom. The molecule has 4 heteroatoms. The average molecular weight is 186 g/mol. The maximum absolute atomic E-state index is 5.83. The van der Waals surface area contributed by atoms with Gasteiger partial charge < -0.3 is 9.88 Å². The van der Waals surface area contributed by atoms with E-state index < -0.39 is 0 Å². The Balaban J connectivity index is 2.06. The summed E-state index contributed by atoms with van der Waals surface area (Å²) in [5, 5.41) is 4.01. The standard InChI is InChI=1S/C8H12ClN3/c1-12-7(9)5-10-8(12)11-6-3-2-4-6/h5-6H,2-4H2,1H3,(H,10,11). The van der Waals surface area contributed by atoms with Crippen LogP contribution in [0.2, 0.25) is 5.15 Å². The number of aromatic nitrogens is 2. The third-order valence-corrected chi connectivity index (χ3v) is 2.72. The molecule has 2 rings (SSSR count). The van der Waals surface area contributed by atoms with Gasteiger partial charge in [0.2, 0.25) is 5.95 Å². The van der Waals surface area contributed by atoms with Crippen LogP contribution in [0, 0.1) is 0 Å². The summed E-state index contributed by atoms with van der Waals surface area (Å²) in [6.45, 7) is 0. The molecule has 0 atom stereocenters. The first-order chi connectivity index (χ1) is 5.77. The lowest BCUT2D eigenvalue weighted by Crippen LogP contribution is -2.28. The first-order valence-electron chi connectivity index (χ1n) is 4.21. The van der Waals surface area contributed by atoms with E-state index >= 15 is 0 Å². The molecule has 1 fully saturated rings. The van der Waals surface area contributed by atoms with E-state index in [9.17, 15) is 0 Å². The van der Waals surface area contributed by atoms with Crippen LogP contribution in [0.3, 0.4) is 0 Å². The van der Waals surface area contributed by atoms with Gasteiger partial charge in [0.25, 0.3) is 0 Å². The molecule has 1 aromatic heterocycles.